The molecule has 0 bridgehead atoms. The van der Waals surface area contributed by atoms with Gasteiger partial charge in [-0.3, -0.25) is 5.10 Å². The molecule has 0 spiro atoms. The van der Waals surface area contributed by atoms with Gasteiger partial charge in [0, 0.05) is 6.54 Å². The van der Waals surface area contributed by atoms with Crippen LogP contribution in [0, 0.1) is 6.92 Å². The van der Waals surface area contributed by atoms with Gasteiger partial charge in [-0.25, -0.2) is 4.98 Å². The predicted molar refractivity (Wildman–Crippen MR) is 56.0 cm³/mol. The fourth-order valence-corrected chi connectivity index (χ4v) is 1.85. The van der Waals surface area contributed by atoms with Gasteiger partial charge in [0.15, 0.2) is 5.82 Å². The molecule has 4 nitrogen and oxygen atoms in total. The molecule has 0 aliphatic rings. The fourth-order valence-electron chi connectivity index (χ4n) is 1.18. The van der Waals surface area contributed by atoms with Gasteiger partial charge >= 0.3 is 0 Å². The summed E-state index contributed by atoms with van der Waals surface area (Å²) in [7, 11) is 0. The monoisotopic (exact) mass is 208 g/mol. The first-order valence-corrected chi connectivity index (χ1v) is 5.38. The molecule has 5 heteroatoms. The SMILES string of the molecule is Cc1nc(CNCc2ccsc2)n[nH]1. The zero-order valence-corrected chi connectivity index (χ0v) is 8.77. The van der Waals surface area contributed by atoms with Crippen LogP contribution in [0.1, 0.15) is 17.2 Å². The second-order valence-corrected chi connectivity index (χ2v) is 3.85. The van der Waals surface area contributed by atoms with Crippen LogP contribution in [0.3, 0.4) is 0 Å². The van der Waals surface area contributed by atoms with Crippen LogP contribution in [0.4, 0.5) is 0 Å². The Balaban J connectivity index is 1.78. The number of nitrogens with one attached hydrogen (secondary N) is 2. The molecule has 0 saturated carbocycles. The van der Waals surface area contributed by atoms with E-state index in [1.807, 2.05) is 6.92 Å². The molecule has 2 aromatic heterocycles. The Morgan fingerprint density at radius 1 is 1.50 bits per heavy atom. The van der Waals surface area contributed by atoms with Crippen LogP contribution in [0.15, 0.2) is 16.8 Å². The first-order valence-electron chi connectivity index (χ1n) is 4.44. The molecular weight excluding hydrogens is 196 g/mol. The summed E-state index contributed by atoms with van der Waals surface area (Å²) in [5.41, 5.74) is 1.31. The molecule has 14 heavy (non-hydrogen) atoms. The number of aromatic nitrogens is 3. The van der Waals surface area contributed by atoms with Crippen LogP contribution in [0.2, 0.25) is 0 Å². The molecule has 0 aromatic carbocycles. The van der Waals surface area contributed by atoms with E-state index in [4.69, 9.17) is 0 Å². The highest BCUT2D eigenvalue weighted by Crippen LogP contribution is 2.05. The average molecular weight is 208 g/mol. The quantitative estimate of drug-likeness (QED) is 0.800. The van der Waals surface area contributed by atoms with Crippen molar-refractivity contribution in [1.82, 2.24) is 20.5 Å². The van der Waals surface area contributed by atoms with E-state index in [9.17, 15) is 0 Å². The Labute approximate surface area is 86.4 Å². The smallest absolute Gasteiger partial charge is 0.164 e. The molecule has 2 aromatic rings. The average Bonchev–Trinajstić information content (AvgIpc) is 2.77. The Bertz CT molecular complexity index is 379. The van der Waals surface area contributed by atoms with Crippen LogP contribution in [-0.4, -0.2) is 15.2 Å². The van der Waals surface area contributed by atoms with E-state index in [0.29, 0.717) is 6.54 Å². The van der Waals surface area contributed by atoms with Crippen LogP contribution >= 0.6 is 11.3 Å². The Morgan fingerprint density at radius 3 is 3.07 bits per heavy atom. The van der Waals surface area contributed by atoms with Gasteiger partial charge in [-0.1, -0.05) is 0 Å². The summed E-state index contributed by atoms with van der Waals surface area (Å²) in [6.07, 6.45) is 0. The van der Waals surface area contributed by atoms with Crippen molar-refractivity contribution >= 4 is 11.3 Å². The molecule has 2 N–H and O–H groups in total. The van der Waals surface area contributed by atoms with Crippen molar-refractivity contribution in [3.8, 4) is 0 Å². The van der Waals surface area contributed by atoms with Gasteiger partial charge in [0.1, 0.15) is 5.82 Å². The molecule has 0 radical (unpaired) electrons. The van der Waals surface area contributed by atoms with Crippen molar-refractivity contribution in [1.29, 1.82) is 0 Å². The molecule has 0 aliphatic heterocycles. The van der Waals surface area contributed by atoms with Crippen molar-refractivity contribution in [3.63, 3.8) is 0 Å². The normalized spacial score (nSPS) is 10.6. The summed E-state index contributed by atoms with van der Waals surface area (Å²) < 4.78 is 0. The Hall–Kier alpha value is -1.20. The molecule has 2 heterocycles. The van der Waals surface area contributed by atoms with E-state index in [2.05, 4.69) is 37.3 Å². The highest BCUT2D eigenvalue weighted by Gasteiger charge is 1.98. The third-order valence-corrected chi connectivity index (χ3v) is 2.57. The number of nitrogens with zero attached hydrogens (tertiary/aromatic N) is 2. The van der Waals surface area contributed by atoms with Gasteiger partial charge in [-0.15, -0.1) is 0 Å². The lowest BCUT2D eigenvalue weighted by Gasteiger charge is -1.98. The summed E-state index contributed by atoms with van der Waals surface area (Å²) in [6, 6.07) is 2.11. The van der Waals surface area contributed by atoms with Crippen LogP contribution in [-0.2, 0) is 13.1 Å². The lowest BCUT2D eigenvalue weighted by molar-refractivity contribution is 0.666. The zero-order valence-electron chi connectivity index (χ0n) is 7.95. The number of hydrogen-bond acceptors (Lipinski definition) is 4. The largest absolute Gasteiger partial charge is 0.306 e. The molecule has 0 aliphatic carbocycles. The van der Waals surface area contributed by atoms with Gasteiger partial charge in [0.2, 0.25) is 0 Å². The van der Waals surface area contributed by atoms with Crippen molar-refractivity contribution in [2.45, 2.75) is 20.0 Å². The number of thiophene rings is 1. The summed E-state index contributed by atoms with van der Waals surface area (Å²) in [4.78, 5) is 4.20. The lowest BCUT2D eigenvalue weighted by Crippen LogP contribution is -2.13. The lowest BCUT2D eigenvalue weighted by atomic mass is 10.3. The summed E-state index contributed by atoms with van der Waals surface area (Å²) >= 11 is 1.71. The topological polar surface area (TPSA) is 53.6 Å². The minimum Gasteiger partial charge on any atom is -0.306 e. The van der Waals surface area contributed by atoms with Crippen molar-refractivity contribution in [2.75, 3.05) is 0 Å². The number of rotatable bonds is 4. The number of aromatic amines is 1. The fraction of sp³-hybridized carbons (Fsp3) is 0.333. The summed E-state index contributed by atoms with van der Waals surface area (Å²) in [6.45, 7) is 3.48. The third kappa shape index (κ3) is 2.40. The highest BCUT2D eigenvalue weighted by atomic mass is 32.1. The molecule has 0 amide bonds. The van der Waals surface area contributed by atoms with Crippen molar-refractivity contribution in [2.24, 2.45) is 0 Å². The van der Waals surface area contributed by atoms with E-state index >= 15 is 0 Å². The molecule has 0 unspecified atom stereocenters. The molecular formula is C9H12N4S. The van der Waals surface area contributed by atoms with E-state index in [1.54, 1.807) is 11.3 Å². The summed E-state index contributed by atoms with van der Waals surface area (Å²) in [5.74, 6) is 1.68. The maximum absolute atomic E-state index is 4.20. The van der Waals surface area contributed by atoms with Gasteiger partial charge in [0.05, 0.1) is 6.54 Å². The predicted octanol–water partition coefficient (Wildman–Crippen LogP) is 1.46. The Morgan fingerprint density at radius 2 is 2.43 bits per heavy atom. The first kappa shape index (κ1) is 9.36. The van der Waals surface area contributed by atoms with Crippen molar-refractivity contribution < 1.29 is 0 Å². The first-order chi connectivity index (χ1) is 6.84. The maximum Gasteiger partial charge on any atom is 0.164 e. The maximum atomic E-state index is 4.20. The van der Waals surface area contributed by atoms with Crippen LogP contribution < -0.4 is 5.32 Å². The molecule has 74 valence electrons. The van der Waals surface area contributed by atoms with Gasteiger partial charge < -0.3 is 5.32 Å². The zero-order chi connectivity index (χ0) is 9.80. The number of aryl methyl sites for hydroxylation is 1. The summed E-state index contributed by atoms with van der Waals surface area (Å²) in [5, 5.41) is 14.3. The standard InChI is InChI=1S/C9H12N4S/c1-7-11-9(13-12-7)5-10-4-8-2-3-14-6-8/h2-3,6,10H,4-5H2,1H3,(H,11,12,13). The molecule has 0 atom stereocenters. The minimum absolute atomic E-state index is 0.709. The number of hydrogen-bond donors (Lipinski definition) is 2. The minimum atomic E-state index is 0.709. The van der Waals surface area contributed by atoms with Crippen LogP contribution in [0.25, 0.3) is 0 Å². The van der Waals surface area contributed by atoms with Crippen LogP contribution in [0.5, 0.6) is 0 Å². The third-order valence-electron chi connectivity index (χ3n) is 1.84. The highest BCUT2D eigenvalue weighted by molar-refractivity contribution is 7.07. The second-order valence-electron chi connectivity index (χ2n) is 3.07. The van der Waals surface area contributed by atoms with E-state index in [-0.39, 0.29) is 0 Å². The molecule has 0 fully saturated rings. The van der Waals surface area contributed by atoms with Gasteiger partial charge in [-0.05, 0) is 29.3 Å². The number of H-pyrrole nitrogens is 1. The van der Waals surface area contributed by atoms with Gasteiger partial charge in [0.25, 0.3) is 0 Å². The van der Waals surface area contributed by atoms with E-state index in [0.717, 1.165) is 18.2 Å². The van der Waals surface area contributed by atoms with Gasteiger partial charge in [-0.2, -0.15) is 16.4 Å². The molecule has 2 rings (SSSR count). The second kappa shape index (κ2) is 4.34. The van der Waals surface area contributed by atoms with E-state index in [1.165, 1.54) is 5.56 Å². The van der Waals surface area contributed by atoms with Crippen molar-refractivity contribution in [3.05, 3.63) is 34.0 Å². The Kier molecular flexibility index (Phi) is 2.90. The van der Waals surface area contributed by atoms with E-state index < -0.39 is 0 Å². The molecule has 0 saturated heterocycles.